The van der Waals surface area contributed by atoms with Crippen LogP contribution in [0.1, 0.15) is 18.9 Å². The summed E-state index contributed by atoms with van der Waals surface area (Å²) < 4.78 is 10.9. The Bertz CT molecular complexity index is 676. The largest absolute Gasteiger partial charge is 0.484 e. The topological polar surface area (TPSA) is 92.4 Å². The Kier molecular flexibility index (Phi) is 7.50. The van der Waals surface area contributed by atoms with Gasteiger partial charge in [-0.1, -0.05) is 12.1 Å². The number of ether oxygens (including phenoxy) is 2. The molecule has 1 amide bonds. The molecule has 0 bridgehead atoms. The molecule has 8 nitrogen and oxygen atoms in total. The van der Waals surface area contributed by atoms with Crippen LogP contribution in [0, 0.1) is 0 Å². The van der Waals surface area contributed by atoms with Crippen molar-refractivity contribution >= 4 is 11.9 Å². The second kappa shape index (κ2) is 10.3. The molecule has 0 aliphatic carbocycles. The van der Waals surface area contributed by atoms with Crippen molar-refractivity contribution in [3.8, 4) is 5.75 Å². The number of primary amides is 1. The van der Waals surface area contributed by atoms with Crippen molar-refractivity contribution in [1.82, 2.24) is 15.1 Å². The van der Waals surface area contributed by atoms with Crippen molar-refractivity contribution in [2.75, 3.05) is 52.5 Å². The number of likely N-dealkylation sites (tertiary alicyclic amines) is 1. The first-order valence-electron chi connectivity index (χ1n) is 10.0. The molecule has 3 N–H and O–H groups in total. The van der Waals surface area contributed by atoms with E-state index in [1.165, 1.54) is 0 Å². The van der Waals surface area contributed by atoms with Gasteiger partial charge in [0.05, 0.1) is 19.8 Å². The van der Waals surface area contributed by atoms with Crippen LogP contribution >= 0.6 is 0 Å². The van der Waals surface area contributed by atoms with E-state index in [9.17, 15) is 4.79 Å². The van der Waals surface area contributed by atoms with Gasteiger partial charge in [-0.3, -0.25) is 9.69 Å². The molecule has 0 radical (unpaired) electrons. The van der Waals surface area contributed by atoms with E-state index in [0.717, 1.165) is 63.9 Å². The average molecular weight is 390 g/mol. The highest BCUT2D eigenvalue weighted by molar-refractivity contribution is 5.80. The monoisotopic (exact) mass is 389 g/mol. The van der Waals surface area contributed by atoms with Crippen LogP contribution in [-0.2, 0) is 16.1 Å². The zero-order chi connectivity index (χ0) is 19.8. The lowest BCUT2D eigenvalue weighted by molar-refractivity contribution is -0.119. The molecule has 1 atom stereocenters. The molecular weight excluding hydrogens is 358 g/mol. The van der Waals surface area contributed by atoms with Gasteiger partial charge in [0.15, 0.2) is 12.6 Å². The lowest BCUT2D eigenvalue weighted by atomic mass is 10.2. The van der Waals surface area contributed by atoms with E-state index in [4.69, 9.17) is 20.2 Å². The molecule has 2 fully saturated rings. The van der Waals surface area contributed by atoms with E-state index >= 15 is 0 Å². The fraction of sp³-hybridized carbons (Fsp3) is 0.600. The van der Waals surface area contributed by atoms with Gasteiger partial charge in [-0.15, -0.1) is 0 Å². The number of amides is 1. The first-order chi connectivity index (χ1) is 13.7. The predicted octanol–water partition coefficient (Wildman–Crippen LogP) is 0.423. The summed E-state index contributed by atoms with van der Waals surface area (Å²) >= 11 is 0. The highest BCUT2D eigenvalue weighted by atomic mass is 16.5. The summed E-state index contributed by atoms with van der Waals surface area (Å²) in [5.74, 6) is 1.09. The summed E-state index contributed by atoms with van der Waals surface area (Å²) in [7, 11) is 0. The van der Waals surface area contributed by atoms with Crippen molar-refractivity contribution < 1.29 is 14.3 Å². The number of nitrogens with one attached hydrogen (secondary N) is 1. The molecule has 2 aliphatic heterocycles. The Labute approximate surface area is 166 Å². The molecule has 1 aromatic carbocycles. The van der Waals surface area contributed by atoms with Gasteiger partial charge in [-0.25, -0.2) is 4.99 Å². The minimum absolute atomic E-state index is 0.119. The van der Waals surface area contributed by atoms with E-state index in [2.05, 4.69) is 22.0 Å². The number of nitrogens with two attached hydrogens (primary N) is 1. The molecule has 154 valence electrons. The van der Waals surface area contributed by atoms with Crippen LogP contribution in [0.4, 0.5) is 0 Å². The quantitative estimate of drug-likeness (QED) is 0.519. The number of morpholine rings is 1. The zero-order valence-corrected chi connectivity index (χ0v) is 16.6. The van der Waals surface area contributed by atoms with Gasteiger partial charge in [0.2, 0.25) is 0 Å². The summed E-state index contributed by atoms with van der Waals surface area (Å²) in [4.78, 5) is 20.6. The lowest BCUT2D eigenvalue weighted by Gasteiger charge is -2.32. The van der Waals surface area contributed by atoms with Crippen molar-refractivity contribution in [1.29, 1.82) is 0 Å². The van der Waals surface area contributed by atoms with Gasteiger partial charge in [-0.05, 0) is 31.0 Å². The number of guanidine groups is 1. The lowest BCUT2D eigenvalue weighted by Crippen LogP contribution is -2.46. The van der Waals surface area contributed by atoms with Crippen LogP contribution in [0.25, 0.3) is 0 Å². The Balaban J connectivity index is 1.60. The third kappa shape index (κ3) is 5.84. The number of nitrogens with zero attached hydrogens (tertiary/aromatic N) is 3. The predicted molar refractivity (Wildman–Crippen MR) is 108 cm³/mol. The van der Waals surface area contributed by atoms with Crippen molar-refractivity contribution in [3.63, 3.8) is 0 Å². The number of aliphatic imine (C=N–C) groups is 1. The maximum Gasteiger partial charge on any atom is 0.255 e. The van der Waals surface area contributed by atoms with Crippen molar-refractivity contribution in [3.05, 3.63) is 29.8 Å². The number of hydrogen-bond acceptors (Lipinski definition) is 5. The van der Waals surface area contributed by atoms with E-state index in [-0.39, 0.29) is 6.61 Å². The van der Waals surface area contributed by atoms with Crippen LogP contribution in [0.2, 0.25) is 0 Å². The van der Waals surface area contributed by atoms with Crippen molar-refractivity contribution in [2.45, 2.75) is 25.9 Å². The maximum atomic E-state index is 10.9. The maximum absolute atomic E-state index is 10.9. The first-order valence-corrected chi connectivity index (χ1v) is 10.0. The average Bonchev–Trinajstić information content (AvgIpc) is 3.21. The summed E-state index contributed by atoms with van der Waals surface area (Å²) in [6, 6.07) is 8.19. The molecule has 0 aromatic heterocycles. The van der Waals surface area contributed by atoms with Crippen LogP contribution in [0.3, 0.4) is 0 Å². The van der Waals surface area contributed by atoms with Gasteiger partial charge in [-0.2, -0.15) is 0 Å². The van der Waals surface area contributed by atoms with E-state index in [1.54, 1.807) is 0 Å². The SMILES string of the molecule is CCNC(=NCc1cccc(OCC(N)=O)c1)N1CCC(N2CCOCC2)C1. The third-order valence-electron chi connectivity index (χ3n) is 5.05. The number of benzene rings is 1. The number of carbonyl (C=O) groups is 1. The fourth-order valence-corrected chi connectivity index (χ4v) is 3.65. The molecule has 2 heterocycles. The van der Waals surface area contributed by atoms with Crippen LogP contribution in [0.15, 0.2) is 29.3 Å². The minimum Gasteiger partial charge on any atom is -0.484 e. The summed E-state index contributed by atoms with van der Waals surface area (Å²) in [5, 5.41) is 3.41. The molecule has 1 aromatic rings. The van der Waals surface area contributed by atoms with Crippen LogP contribution in [0.5, 0.6) is 5.75 Å². The van der Waals surface area contributed by atoms with E-state index < -0.39 is 5.91 Å². The van der Waals surface area contributed by atoms with E-state index in [0.29, 0.717) is 18.3 Å². The van der Waals surface area contributed by atoms with Gasteiger partial charge < -0.3 is 25.4 Å². The summed E-state index contributed by atoms with van der Waals surface area (Å²) in [6.45, 7) is 9.05. The Morgan fingerprint density at radius 3 is 2.93 bits per heavy atom. The Morgan fingerprint density at radius 1 is 1.36 bits per heavy atom. The number of hydrogen-bond donors (Lipinski definition) is 2. The Morgan fingerprint density at radius 2 is 2.18 bits per heavy atom. The van der Waals surface area contributed by atoms with Crippen LogP contribution in [-0.4, -0.2) is 80.3 Å². The summed E-state index contributed by atoms with van der Waals surface area (Å²) in [6.07, 6.45) is 1.15. The highest BCUT2D eigenvalue weighted by Crippen LogP contribution is 2.18. The fourth-order valence-electron chi connectivity index (χ4n) is 3.65. The third-order valence-corrected chi connectivity index (χ3v) is 5.05. The number of carbonyl (C=O) groups excluding carboxylic acids is 1. The molecule has 2 saturated heterocycles. The normalized spacial score (nSPS) is 21.0. The van der Waals surface area contributed by atoms with Gasteiger partial charge in [0, 0.05) is 38.8 Å². The van der Waals surface area contributed by atoms with Gasteiger partial charge in [0.1, 0.15) is 5.75 Å². The zero-order valence-electron chi connectivity index (χ0n) is 16.6. The molecule has 1 unspecified atom stereocenters. The smallest absolute Gasteiger partial charge is 0.255 e. The molecule has 0 saturated carbocycles. The molecule has 0 spiro atoms. The standard InChI is InChI=1S/C20H31N5O3/c1-2-22-20(25-7-6-17(14-25)24-8-10-27-11-9-24)23-13-16-4-3-5-18(12-16)28-15-19(21)26/h3-5,12,17H,2,6-11,13-15H2,1H3,(H2,21,26)(H,22,23). The molecule has 28 heavy (non-hydrogen) atoms. The molecule has 8 heteroatoms. The number of rotatable bonds is 7. The van der Waals surface area contributed by atoms with Gasteiger partial charge in [0.25, 0.3) is 5.91 Å². The van der Waals surface area contributed by atoms with Gasteiger partial charge >= 0.3 is 0 Å². The van der Waals surface area contributed by atoms with Crippen LogP contribution < -0.4 is 15.8 Å². The second-order valence-corrected chi connectivity index (χ2v) is 7.11. The molecule has 2 aliphatic rings. The Hall–Kier alpha value is -2.32. The van der Waals surface area contributed by atoms with E-state index in [1.807, 2.05) is 24.3 Å². The van der Waals surface area contributed by atoms with Crippen molar-refractivity contribution in [2.24, 2.45) is 10.7 Å². The molecule has 3 rings (SSSR count). The summed E-state index contributed by atoms with van der Waals surface area (Å²) in [5.41, 5.74) is 6.16. The first kappa shape index (κ1) is 20.4. The highest BCUT2D eigenvalue weighted by Gasteiger charge is 2.30. The second-order valence-electron chi connectivity index (χ2n) is 7.11. The molecular formula is C20H31N5O3. The minimum atomic E-state index is -0.485.